The average molecular weight is 278 g/mol. The molecule has 1 rings (SSSR count). The van der Waals surface area contributed by atoms with Crippen LogP contribution in [0.4, 0.5) is 13.2 Å². The van der Waals surface area contributed by atoms with E-state index in [9.17, 15) is 18.3 Å². The number of pyridine rings is 1. The minimum Gasteiger partial charge on any atom is -0.492 e. The number of aromatic nitrogens is 1. The normalized spacial score (nSPS) is 16.8. The minimum absolute atomic E-state index is 0.0329. The van der Waals surface area contributed by atoms with Crippen molar-refractivity contribution in [2.75, 3.05) is 6.61 Å². The van der Waals surface area contributed by atoms with Gasteiger partial charge in [0.25, 0.3) is 0 Å². The zero-order valence-electron chi connectivity index (χ0n) is 10.7. The van der Waals surface area contributed by atoms with Crippen LogP contribution in [0.2, 0.25) is 0 Å². The van der Waals surface area contributed by atoms with Gasteiger partial charge >= 0.3 is 6.18 Å². The Hall–Kier alpha value is -1.34. The number of hydrogen-bond donors (Lipinski definition) is 2. The molecule has 0 aliphatic rings. The molecule has 108 valence electrons. The van der Waals surface area contributed by atoms with E-state index in [2.05, 4.69) is 4.98 Å². The van der Waals surface area contributed by atoms with E-state index in [0.29, 0.717) is 0 Å². The Morgan fingerprint density at radius 2 is 2.00 bits per heavy atom. The van der Waals surface area contributed by atoms with Crippen LogP contribution in [0.25, 0.3) is 0 Å². The van der Waals surface area contributed by atoms with Gasteiger partial charge in [0, 0.05) is 17.8 Å². The van der Waals surface area contributed by atoms with Crippen LogP contribution in [0.5, 0.6) is 5.75 Å². The molecule has 2 unspecified atom stereocenters. The van der Waals surface area contributed by atoms with E-state index < -0.39 is 23.4 Å². The van der Waals surface area contributed by atoms with E-state index in [0.717, 1.165) is 12.3 Å². The summed E-state index contributed by atoms with van der Waals surface area (Å²) in [6, 6.07) is -0.370. The highest BCUT2D eigenvalue weighted by Gasteiger charge is 2.58. The zero-order chi connectivity index (χ0) is 14.7. The Morgan fingerprint density at radius 3 is 2.47 bits per heavy atom. The highest BCUT2D eigenvalue weighted by Crippen LogP contribution is 2.42. The van der Waals surface area contributed by atoms with Crippen LogP contribution in [0.3, 0.4) is 0 Å². The first-order valence-electron chi connectivity index (χ1n) is 5.90. The van der Waals surface area contributed by atoms with E-state index in [1.165, 1.54) is 13.1 Å². The topological polar surface area (TPSA) is 68.4 Å². The lowest BCUT2D eigenvalue weighted by atomic mass is 9.85. The first-order chi connectivity index (χ1) is 8.77. The van der Waals surface area contributed by atoms with Gasteiger partial charge in [0.15, 0.2) is 0 Å². The van der Waals surface area contributed by atoms with Crippen LogP contribution in [0.1, 0.15) is 25.8 Å². The molecule has 0 aliphatic heterocycles. The number of nitrogens with zero attached hydrogens (tertiary/aromatic N) is 1. The maximum Gasteiger partial charge on any atom is 0.423 e. The summed E-state index contributed by atoms with van der Waals surface area (Å²) in [7, 11) is 0. The molecule has 1 aromatic heterocycles. The second kappa shape index (κ2) is 5.75. The lowest BCUT2D eigenvalue weighted by molar-refractivity contribution is -0.274. The molecular weight excluding hydrogens is 261 g/mol. The quantitative estimate of drug-likeness (QED) is 0.864. The summed E-state index contributed by atoms with van der Waals surface area (Å²) < 4.78 is 44.5. The lowest BCUT2D eigenvalue weighted by Crippen LogP contribution is -2.55. The molecular formula is C12H17F3N2O2. The Morgan fingerprint density at radius 1 is 1.37 bits per heavy atom. The fraction of sp³-hybridized carbons (Fsp3) is 0.583. The van der Waals surface area contributed by atoms with E-state index in [4.69, 9.17) is 10.5 Å². The maximum atomic E-state index is 13.1. The van der Waals surface area contributed by atoms with Crippen molar-refractivity contribution in [2.24, 2.45) is 5.73 Å². The average Bonchev–Trinajstić information content (AvgIpc) is 2.36. The van der Waals surface area contributed by atoms with Crippen LogP contribution < -0.4 is 10.5 Å². The third kappa shape index (κ3) is 2.98. The molecule has 1 heterocycles. The predicted molar refractivity (Wildman–Crippen MR) is 63.6 cm³/mol. The molecule has 7 heteroatoms. The van der Waals surface area contributed by atoms with Gasteiger partial charge in [-0.15, -0.1) is 0 Å². The summed E-state index contributed by atoms with van der Waals surface area (Å²) >= 11 is 0. The summed E-state index contributed by atoms with van der Waals surface area (Å²) in [5.74, 6) is 0.158. The SMILES string of the molecule is CCOc1cncc(C(O)(C(N)CC)C(F)(F)F)c1. The van der Waals surface area contributed by atoms with Gasteiger partial charge in [-0.3, -0.25) is 4.98 Å². The first-order valence-corrected chi connectivity index (χ1v) is 5.90. The number of nitrogens with two attached hydrogens (primary N) is 1. The third-order valence-corrected chi connectivity index (χ3v) is 2.87. The molecule has 1 aromatic rings. The number of aliphatic hydroxyl groups is 1. The van der Waals surface area contributed by atoms with E-state index >= 15 is 0 Å². The fourth-order valence-corrected chi connectivity index (χ4v) is 1.76. The molecule has 0 radical (unpaired) electrons. The molecule has 19 heavy (non-hydrogen) atoms. The molecule has 0 bridgehead atoms. The smallest absolute Gasteiger partial charge is 0.423 e. The van der Waals surface area contributed by atoms with Crippen molar-refractivity contribution in [3.8, 4) is 5.75 Å². The zero-order valence-corrected chi connectivity index (χ0v) is 10.7. The third-order valence-electron chi connectivity index (χ3n) is 2.87. The van der Waals surface area contributed by atoms with Gasteiger partial charge in [-0.05, 0) is 19.4 Å². The van der Waals surface area contributed by atoms with Gasteiger partial charge in [0.2, 0.25) is 5.60 Å². The van der Waals surface area contributed by atoms with Crippen molar-refractivity contribution >= 4 is 0 Å². The standard InChI is InChI=1S/C12H17F3N2O2/c1-3-10(16)11(18,12(13,14)15)8-5-9(19-4-2)7-17-6-8/h5-7,10,18H,3-4,16H2,1-2H3. The van der Waals surface area contributed by atoms with Crippen LogP contribution >= 0.6 is 0 Å². The molecule has 4 nitrogen and oxygen atoms in total. The Bertz CT molecular complexity index is 426. The molecule has 0 saturated carbocycles. The Labute approximate surface area is 109 Å². The van der Waals surface area contributed by atoms with Gasteiger partial charge in [-0.2, -0.15) is 13.2 Å². The van der Waals surface area contributed by atoms with Crippen molar-refractivity contribution in [2.45, 2.75) is 38.1 Å². The maximum absolute atomic E-state index is 13.1. The highest BCUT2D eigenvalue weighted by molar-refractivity contribution is 5.31. The number of halogens is 3. The van der Waals surface area contributed by atoms with Crippen molar-refractivity contribution in [3.05, 3.63) is 24.0 Å². The second-order valence-electron chi connectivity index (χ2n) is 4.12. The number of rotatable bonds is 5. The second-order valence-corrected chi connectivity index (χ2v) is 4.12. The number of ether oxygens (including phenoxy) is 1. The summed E-state index contributed by atoms with van der Waals surface area (Å²) in [5, 5.41) is 10.0. The van der Waals surface area contributed by atoms with Gasteiger partial charge in [-0.25, -0.2) is 0 Å². The molecule has 3 N–H and O–H groups in total. The molecule has 0 aliphatic carbocycles. The first kappa shape index (κ1) is 15.7. The molecule has 2 atom stereocenters. The fourth-order valence-electron chi connectivity index (χ4n) is 1.76. The number of hydrogen-bond acceptors (Lipinski definition) is 4. The van der Waals surface area contributed by atoms with Crippen LogP contribution in [0.15, 0.2) is 18.5 Å². The lowest BCUT2D eigenvalue weighted by Gasteiger charge is -2.35. The van der Waals surface area contributed by atoms with Gasteiger partial charge in [0.05, 0.1) is 12.8 Å². The summed E-state index contributed by atoms with van der Waals surface area (Å²) in [4.78, 5) is 3.66. The summed E-state index contributed by atoms with van der Waals surface area (Å²) in [6.07, 6.45) is -2.70. The predicted octanol–water partition coefficient (Wildman–Crippen LogP) is 1.97. The van der Waals surface area contributed by atoms with Crippen LogP contribution in [-0.4, -0.2) is 28.9 Å². The van der Waals surface area contributed by atoms with Crippen molar-refractivity contribution < 1.29 is 23.0 Å². The monoisotopic (exact) mass is 278 g/mol. The summed E-state index contributed by atoms with van der Waals surface area (Å²) in [6.45, 7) is 3.46. The Balaban J connectivity index is 3.29. The minimum atomic E-state index is -4.89. The molecule has 0 spiro atoms. The highest BCUT2D eigenvalue weighted by atomic mass is 19.4. The van der Waals surface area contributed by atoms with E-state index in [1.807, 2.05) is 0 Å². The van der Waals surface area contributed by atoms with Crippen LogP contribution in [-0.2, 0) is 5.60 Å². The van der Waals surface area contributed by atoms with E-state index in [1.54, 1.807) is 6.92 Å². The van der Waals surface area contributed by atoms with Gasteiger partial charge in [0.1, 0.15) is 5.75 Å². The largest absolute Gasteiger partial charge is 0.492 e. The van der Waals surface area contributed by atoms with Gasteiger partial charge < -0.3 is 15.6 Å². The number of alkyl halides is 3. The van der Waals surface area contributed by atoms with Crippen LogP contribution in [0, 0.1) is 0 Å². The van der Waals surface area contributed by atoms with Gasteiger partial charge in [-0.1, -0.05) is 6.92 Å². The molecule has 0 saturated heterocycles. The van der Waals surface area contributed by atoms with E-state index in [-0.39, 0.29) is 18.8 Å². The van der Waals surface area contributed by atoms with Crippen molar-refractivity contribution in [1.82, 2.24) is 4.98 Å². The van der Waals surface area contributed by atoms with Crippen molar-refractivity contribution in [3.63, 3.8) is 0 Å². The molecule has 0 aromatic carbocycles. The summed E-state index contributed by atoms with van der Waals surface area (Å²) in [5.41, 5.74) is 1.90. The van der Waals surface area contributed by atoms with Crippen molar-refractivity contribution in [1.29, 1.82) is 0 Å². The molecule has 0 amide bonds. The molecule has 0 fully saturated rings. The Kier molecular flexibility index (Phi) is 4.75.